The molecule has 1 atom stereocenters. The van der Waals surface area contributed by atoms with E-state index in [0.29, 0.717) is 6.54 Å². The highest BCUT2D eigenvalue weighted by atomic mass is 16.2. The van der Waals surface area contributed by atoms with Crippen molar-refractivity contribution in [3.63, 3.8) is 0 Å². The van der Waals surface area contributed by atoms with E-state index >= 15 is 0 Å². The summed E-state index contributed by atoms with van der Waals surface area (Å²) in [7, 11) is 0. The number of amides is 3. The molecule has 6 nitrogen and oxygen atoms in total. The average molecular weight is 289 g/mol. The van der Waals surface area contributed by atoms with Gasteiger partial charge in [0.15, 0.2) is 0 Å². The van der Waals surface area contributed by atoms with Crippen LogP contribution >= 0.6 is 0 Å². The lowest BCUT2D eigenvalue weighted by Gasteiger charge is -2.32. The first-order chi connectivity index (χ1) is 10.0. The predicted molar refractivity (Wildman–Crippen MR) is 78.4 cm³/mol. The second-order valence-electron chi connectivity index (χ2n) is 5.21. The van der Waals surface area contributed by atoms with Gasteiger partial charge in [0.05, 0.1) is 5.56 Å². The number of nitrogens with one attached hydrogen (secondary N) is 1. The first-order valence-electron chi connectivity index (χ1n) is 7.01. The van der Waals surface area contributed by atoms with Gasteiger partial charge in [-0.1, -0.05) is 12.1 Å². The number of hydrogen-bond acceptors (Lipinski definition) is 4. The van der Waals surface area contributed by atoms with E-state index in [1.165, 1.54) is 11.0 Å². The molecule has 2 rings (SSSR count). The largest absolute Gasteiger partial charge is 0.398 e. The van der Waals surface area contributed by atoms with E-state index in [0.717, 1.165) is 19.3 Å². The minimum absolute atomic E-state index is 0.0221. The Hall–Kier alpha value is -2.37. The minimum Gasteiger partial charge on any atom is -0.398 e. The van der Waals surface area contributed by atoms with Gasteiger partial charge in [0.25, 0.3) is 5.91 Å². The van der Waals surface area contributed by atoms with Gasteiger partial charge >= 0.3 is 11.8 Å². The molecule has 1 fully saturated rings. The summed E-state index contributed by atoms with van der Waals surface area (Å²) in [6, 6.07) is 6.42. The number of benzene rings is 1. The van der Waals surface area contributed by atoms with Gasteiger partial charge in [-0.15, -0.1) is 0 Å². The highest BCUT2D eigenvalue weighted by Crippen LogP contribution is 2.16. The van der Waals surface area contributed by atoms with E-state index in [1.807, 2.05) is 6.92 Å². The molecule has 1 aliphatic heterocycles. The van der Waals surface area contributed by atoms with Crippen LogP contribution in [-0.2, 0) is 9.59 Å². The van der Waals surface area contributed by atoms with Crippen LogP contribution in [0, 0.1) is 0 Å². The number of anilines is 1. The lowest BCUT2D eigenvalue weighted by molar-refractivity contribution is -0.147. The van der Waals surface area contributed by atoms with Gasteiger partial charge in [0, 0.05) is 18.3 Å². The van der Waals surface area contributed by atoms with Crippen LogP contribution < -0.4 is 11.1 Å². The summed E-state index contributed by atoms with van der Waals surface area (Å²) < 4.78 is 0. The van der Waals surface area contributed by atoms with Crippen molar-refractivity contribution in [2.45, 2.75) is 32.2 Å². The molecule has 3 amide bonds. The minimum atomic E-state index is -0.906. The van der Waals surface area contributed by atoms with Crippen LogP contribution in [-0.4, -0.2) is 35.2 Å². The number of nitrogen functional groups attached to an aromatic ring is 1. The quantitative estimate of drug-likeness (QED) is 0.594. The van der Waals surface area contributed by atoms with Crippen LogP contribution in [0.15, 0.2) is 24.3 Å². The smallest absolute Gasteiger partial charge is 0.316 e. The van der Waals surface area contributed by atoms with Gasteiger partial charge in [-0.05, 0) is 38.3 Å². The Morgan fingerprint density at radius 3 is 2.62 bits per heavy atom. The molecule has 3 N–H and O–H groups in total. The first-order valence-corrected chi connectivity index (χ1v) is 7.01. The second-order valence-corrected chi connectivity index (χ2v) is 5.21. The van der Waals surface area contributed by atoms with Crippen molar-refractivity contribution < 1.29 is 14.4 Å². The summed E-state index contributed by atoms with van der Waals surface area (Å²) in [4.78, 5) is 37.5. The zero-order valence-electron chi connectivity index (χ0n) is 12.0. The monoisotopic (exact) mass is 289 g/mol. The summed E-state index contributed by atoms with van der Waals surface area (Å²) in [6.07, 6.45) is 2.80. The third-order valence-electron chi connectivity index (χ3n) is 3.69. The maximum Gasteiger partial charge on any atom is 0.316 e. The van der Waals surface area contributed by atoms with Crippen molar-refractivity contribution >= 4 is 23.4 Å². The zero-order valence-corrected chi connectivity index (χ0v) is 12.0. The van der Waals surface area contributed by atoms with E-state index in [1.54, 1.807) is 18.2 Å². The molecule has 1 aliphatic rings. The molecule has 6 heteroatoms. The van der Waals surface area contributed by atoms with E-state index in [2.05, 4.69) is 5.32 Å². The third kappa shape index (κ3) is 3.39. The number of rotatable bonds is 1. The van der Waals surface area contributed by atoms with E-state index in [-0.39, 0.29) is 17.3 Å². The highest BCUT2D eigenvalue weighted by molar-refractivity contribution is 6.38. The number of nitrogens with two attached hydrogens (primary N) is 1. The number of hydrogen-bond donors (Lipinski definition) is 2. The van der Waals surface area contributed by atoms with Crippen molar-refractivity contribution in [1.29, 1.82) is 0 Å². The Bertz CT molecular complexity index is 571. The number of nitrogens with zero attached hydrogens (tertiary/aromatic N) is 1. The Kier molecular flexibility index (Phi) is 4.57. The van der Waals surface area contributed by atoms with E-state index in [9.17, 15) is 14.4 Å². The van der Waals surface area contributed by atoms with Gasteiger partial charge in [-0.3, -0.25) is 19.7 Å². The SMILES string of the molecule is CC1CCCCN1C(=O)C(=O)NC(=O)c1ccccc1N. The Labute approximate surface area is 123 Å². The fourth-order valence-electron chi connectivity index (χ4n) is 2.46. The number of piperidine rings is 1. The highest BCUT2D eigenvalue weighted by Gasteiger charge is 2.29. The molecule has 1 unspecified atom stereocenters. The molecule has 0 aliphatic carbocycles. The predicted octanol–water partition coefficient (Wildman–Crippen LogP) is 0.926. The first kappa shape index (κ1) is 15.0. The molecule has 0 aromatic heterocycles. The molecule has 21 heavy (non-hydrogen) atoms. The molecule has 0 spiro atoms. The van der Waals surface area contributed by atoms with Crippen LogP contribution in [0.25, 0.3) is 0 Å². The molecular formula is C15H19N3O3. The lowest BCUT2D eigenvalue weighted by atomic mass is 10.0. The summed E-state index contributed by atoms with van der Waals surface area (Å²) in [5.41, 5.74) is 6.12. The maximum atomic E-state index is 12.1. The van der Waals surface area contributed by atoms with Gasteiger partial charge in [-0.2, -0.15) is 0 Å². The van der Waals surface area contributed by atoms with Gasteiger partial charge in [0.2, 0.25) is 0 Å². The van der Waals surface area contributed by atoms with Crippen LogP contribution in [0.2, 0.25) is 0 Å². The van der Waals surface area contributed by atoms with E-state index < -0.39 is 17.7 Å². The molecule has 1 aromatic carbocycles. The summed E-state index contributed by atoms with van der Waals surface area (Å²) in [6.45, 7) is 2.45. The normalized spacial score (nSPS) is 18.1. The number of para-hydroxylation sites is 1. The number of likely N-dealkylation sites (tertiary alicyclic amines) is 1. The molecule has 0 bridgehead atoms. The summed E-state index contributed by atoms with van der Waals surface area (Å²) >= 11 is 0. The maximum absolute atomic E-state index is 12.1. The molecule has 0 radical (unpaired) electrons. The molecule has 1 saturated heterocycles. The lowest BCUT2D eigenvalue weighted by Crippen LogP contribution is -2.50. The Morgan fingerprint density at radius 1 is 1.24 bits per heavy atom. The van der Waals surface area contributed by atoms with Crippen molar-refractivity contribution in [1.82, 2.24) is 10.2 Å². The summed E-state index contributed by atoms with van der Waals surface area (Å²) in [5.74, 6) is -2.22. The van der Waals surface area contributed by atoms with Crippen molar-refractivity contribution in [2.75, 3.05) is 12.3 Å². The fourth-order valence-corrected chi connectivity index (χ4v) is 2.46. The Morgan fingerprint density at radius 2 is 1.95 bits per heavy atom. The van der Waals surface area contributed by atoms with Crippen molar-refractivity contribution in [3.05, 3.63) is 29.8 Å². The molecular weight excluding hydrogens is 270 g/mol. The van der Waals surface area contributed by atoms with Crippen LogP contribution in [0.5, 0.6) is 0 Å². The van der Waals surface area contributed by atoms with Crippen molar-refractivity contribution in [3.8, 4) is 0 Å². The number of carbonyl (C=O) groups is 3. The topological polar surface area (TPSA) is 92.5 Å². The molecule has 1 aromatic rings. The van der Waals surface area contributed by atoms with E-state index in [4.69, 9.17) is 5.73 Å². The van der Waals surface area contributed by atoms with Crippen LogP contribution in [0.4, 0.5) is 5.69 Å². The van der Waals surface area contributed by atoms with Crippen LogP contribution in [0.3, 0.4) is 0 Å². The van der Waals surface area contributed by atoms with Gasteiger partial charge in [-0.25, -0.2) is 0 Å². The van der Waals surface area contributed by atoms with Crippen molar-refractivity contribution in [2.24, 2.45) is 0 Å². The standard InChI is InChI=1S/C15H19N3O3/c1-10-6-4-5-9-18(10)15(21)14(20)17-13(19)11-7-2-3-8-12(11)16/h2-3,7-8,10H,4-6,9,16H2,1H3,(H,17,19,20). The third-order valence-corrected chi connectivity index (χ3v) is 3.69. The van der Waals surface area contributed by atoms with Gasteiger partial charge in [0.1, 0.15) is 0 Å². The molecule has 112 valence electrons. The average Bonchev–Trinajstić information content (AvgIpc) is 2.47. The number of carbonyl (C=O) groups excluding carboxylic acids is 3. The fraction of sp³-hybridized carbons (Fsp3) is 0.400. The molecule has 0 saturated carbocycles. The zero-order chi connectivity index (χ0) is 15.4. The second kappa shape index (κ2) is 6.39. The Balaban J connectivity index is 2.02. The molecule has 1 heterocycles. The number of imide groups is 1. The van der Waals surface area contributed by atoms with Gasteiger partial charge < -0.3 is 10.6 Å². The summed E-state index contributed by atoms with van der Waals surface area (Å²) in [5, 5.41) is 2.11. The van der Waals surface area contributed by atoms with Crippen LogP contribution in [0.1, 0.15) is 36.5 Å².